The van der Waals surface area contributed by atoms with E-state index in [-0.39, 0.29) is 4.49 Å². The van der Waals surface area contributed by atoms with Crippen molar-refractivity contribution in [3.63, 3.8) is 0 Å². The Labute approximate surface area is 137 Å². The average Bonchev–Trinajstić information content (AvgIpc) is 2.51. The van der Waals surface area contributed by atoms with Gasteiger partial charge in [0.1, 0.15) is 16.0 Å². The summed E-state index contributed by atoms with van der Waals surface area (Å²) in [6.45, 7) is 0. The molecule has 0 radical (unpaired) electrons. The first-order chi connectivity index (χ1) is 10.7. The first kappa shape index (κ1) is 15.7. The molecule has 0 atom stereocenters. The Morgan fingerprint density at radius 1 is 0.727 bits per heavy atom. The van der Waals surface area contributed by atoms with Crippen LogP contribution in [0.2, 0.25) is 0 Å². The van der Waals surface area contributed by atoms with Gasteiger partial charge in [-0.1, -0.05) is 47.5 Å². The summed E-state index contributed by atoms with van der Waals surface area (Å²) in [6, 6.07) is 13.5. The van der Waals surface area contributed by atoms with Gasteiger partial charge in [-0.05, 0) is 35.4 Å². The van der Waals surface area contributed by atoms with Crippen molar-refractivity contribution in [2.75, 3.05) is 0 Å². The number of nitriles is 2. The number of benzene rings is 2. The van der Waals surface area contributed by atoms with Crippen LogP contribution in [0.5, 0.6) is 11.5 Å². The molecule has 0 fully saturated rings. The third-order valence-electron chi connectivity index (χ3n) is 2.80. The van der Waals surface area contributed by atoms with Crippen LogP contribution in [0.1, 0.15) is 11.1 Å². The van der Waals surface area contributed by atoms with Crippen LogP contribution in [-0.4, -0.2) is 0 Å². The third-order valence-corrected chi connectivity index (χ3v) is 3.18. The summed E-state index contributed by atoms with van der Waals surface area (Å²) in [6.07, 6.45) is 3.20. The smallest absolute Gasteiger partial charge is 0.292 e. The summed E-state index contributed by atoms with van der Waals surface area (Å²) in [5, 5.41) is 17.0. The van der Waals surface area contributed by atoms with Crippen molar-refractivity contribution in [2.45, 2.75) is 0 Å². The number of hydrogen-bond acceptors (Lipinski definition) is 4. The van der Waals surface area contributed by atoms with Gasteiger partial charge >= 0.3 is 0 Å². The number of rotatable bonds is 4. The maximum Gasteiger partial charge on any atom is 0.292 e. The zero-order valence-electron chi connectivity index (χ0n) is 11.1. The van der Waals surface area contributed by atoms with Crippen molar-refractivity contribution < 1.29 is 9.47 Å². The molecule has 22 heavy (non-hydrogen) atoms. The molecule has 0 amide bonds. The van der Waals surface area contributed by atoms with Crippen molar-refractivity contribution in [1.29, 1.82) is 10.5 Å². The summed E-state index contributed by atoms with van der Waals surface area (Å²) in [4.78, 5) is 0. The highest BCUT2D eigenvalue weighted by Gasteiger charge is 2.10. The number of ether oxygens (including phenoxy) is 2. The van der Waals surface area contributed by atoms with E-state index < -0.39 is 0 Å². The lowest BCUT2D eigenvalue weighted by atomic mass is 9.99. The highest BCUT2D eigenvalue weighted by atomic mass is 35.5. The predicted molar refractivity (Wildman–Crippen MR) is 83.1 cm³/mol. The van der Waals surface area contributed by atoms with Gasteiger partial charge in [0.15, 0.2) is 0 Å². The molecular formula is C16H8Cl2N2O2. The Kier molecular flexibility index (Phi) is 5.27. The Morgan fingerprint density at radius 3 is 1.36 bits per heavy atom. The average molecular weight is 331 g/mol. The molecule has 2 aromatic carbocycles. The molecule has 0 aliphatic heterocycles. The SMILES string of the molecule is N#COc1ccc(C(=C(Cl)Cl)c2ccc(OC#N)cc2)cc1. The first-order valence-electron chi connectivity index (χ1n) is 6.03. The monoisotopic (exact) mass is 330 g/mol. The molecule has 0 unspecified atom stereocenters. The zero-order chi connectivity index (χ0) is 15.9. The van der Waals surface area contributed by atoms with Crippen LogP contribution in [0.15, 0.2) is 53.0 Å². The molecule has 0 aromatic heterocycles. The molecule has 6 heteroatoms. The minimum Gasteiger partial charge on any atom is -0.388 e. The van der Waals surface area contributed by atoms with Crippen LogP contribution in [-0.2, 0) is 0 Å². The maximum atomic E-state index is 8.48. The van der Waals surface area contributed by atoms with Gasteiger partial charge in [0.25, 0.3) is 12.5 Å². The second kappa shape index (κ2) is 7.38. The van der Waals surface area contributed by atoms with Gasteiger partial charge in [0, 0.05) is 5.57 Å². The molecule has 2 aromatic rings. The molecule has 2 rings (SSSR count). The maximum absolute atomic E-state index is 8.48. The van der Waals surface area contributed by atoms with E-state index in [9.17, 15) is 0 Å². The zero-order valence-corrected chi connectivity index (χ0v) is 12.6. The summed E-state index contributed by atoms with van der Waals surface area (Å²) in [7, 11) is 0. The molecule has 0 aliphatic carbocycles. The van der Waals surface area contributed by atoms with Gasteiger partial charge in [0.2, 0.25) is 0 Å². The lowest BCUT2D eigenvalue weighted by molar-refractivity contribution is 0.507. The first-order valence-corrected chi connectivity index (χ1v) is 6.79. The van der Waals surface area contributed by atoms with E-state index in [1.165, 1.54) is 0 Å². The van der Waals surface area contributed by atoms with Gasteiger partial charge < -0.3 is 9.47 Å². The molecule has 0 spiro atoms. The van der Waals surface area contributed by atoms with Gasteiger partial charge in [-0.25, -0.2) is 0 Å². The number of halogens is 2. The molecule has 108 valence electrons. The quantitative estimate of drug-likeness (QED) is 0.768. The molecule has 4 nitrogen and oxygen atoms in total. The van der Waals surface area contributed by atoms with E-state index in [4.69, 9.17) is 43.2 Å². The molecular weight excluding hydrogens is 323 g/mol. The molecule has 0 bridgehead atoms. The van der Waals surface area contributed by atoms with Gasteiger partial charge in [-0.2, -0.15) is 0 Å². The van der Waals surface area contributed by atoms with Crippen molar-refractivity contribution >= 4 is 28.8 Å². The van der Waals surface area contributed by atoms with Crippen LogP contribution in [0.25, 0.3) is 5.57 Å². The van der Waals surface area contributed by atoms with E-state index in [1.54, 1.807) is 61.0 Å². The minimum absolute atomic E-state index is 0.0999. The fourth-order valence-corrected chi connectivity index (χ4v) is 2.31. The standard InChI is InChI=1S/C16H8Cl2N2O2/c17-16(18)15(11-1-5-13(6-2-11)21-9-19)12-3-7-14(8-4-12)22-10-20/h1-8H. The third kappa shape index (κ3) is 3.71. The lowest BCUT2D eigenvalue weighted by Crippen LogP contribution is -1.91. The van der Waals surface area contributed by atoms with Crippen molar-refractivity contribution in [2.24, 2.45) is 0 Å². The summed E-state index contributed by atoms with van der Waals surface area (Å²) < 4.78 is 9.55. The van der Waals surface area contributed by atoms with Gasteiger partial charge in [-0.15, -0.1) is 10.5 Å². The largest absolute Gasteiger partial charge is 0.388 e. The van der Waals surface area contributed by atoms with Gasteiger partial charge in [0.05, 0.1) is 0 Å². The van der Waals surface area contributed by atoms with E-state index in [2.05, 4.69) is 0 Å². The second-order valence-corrected chi connectivity index (χ2v) is 5.02. The summed E-state index contributed by atoms with van der Waals surface area (Å²) in [5.74, 6) is 0.850. The van der Waals surface area contributed by atoms with Crippen molar-refractivity contribution in [1.82, 2.24) is 0 Å². The predicted octanol–water partition coefficient (Wildman–Crippen LogP) is 4.60. The topological polar surface area (TPSA) is 66.0 Å². The summed E-state index contributed by atoms with van der Waals surface area (Å²) in [5.41, 5.74) is 2.15. The fourth-order valence-electron chi connectivity index (χ4n) is 1.87. The normalized spacial score (nSPS) is 9.27. The molecule has 0 saturated carbocycles. The second-order valence-electron chi connectivity index (χ2n) is 4.07. The molecule has 0 saturated heterocycles. The van der Waals surface area contributed by atoms with Crippen molar-refractivity contribution in [3.8, 4) is 24.0 Å². The van der Waals surface area contributed by atoms with E-state index in [0.717, 1.165) is 11.1 Å². The van der Waals surface area contributed by atoms with Crippen LogP contribution in [0, 0.1) is 23.0 Å². The van der Waals surface area contributed by atoms with E-state index in [0.29, 0.717) is 17.1 Å². The van der Waals surface area contributed by atoms with Crippen LogP contribution >= 0.6 is 23.2 Å². The van der Waals surface area contributed by atoms with E-state index in [1.807, 2.05) is 0 Å². The molecule has 0 N–H and O–H groups in total. The lowest BCUT2D eigenvalue weighted by Gasteiger charge is -2.09. The molecule has 0 heterocycles. The molecule has 0 aliphatic rings. The van der Waals surface area contributed by atoms with Crippen LogP contribution in [0.3, 0.4) is 0 Å². The number of nitrogens with zero attached hydrogens (tertiary/aromatic N) is 2. The Balaban J connectivity index is 2.37. The summed E-state index contributed by atoms with van der Waals surface area (Å²) >= 11 is 12.0. The Morgan fingerprint density at radius 2 is 1.09 bits per heavy atom. The number of hydrogen-bond donors (Lipinski definition) is 0. The Bertz CT molecular complexity index is 704. The van der Waals surface area contributed by atoms with E-state index >= 15 is 0 Å². The van der Waals surface area contributed by atoms with Crippen LogP contribution in [0.4, 0.5) is 0 Å². The van der Waals surface area contributed by atoms with Crippen LogP contribution < -0.4 is 9.47 Å². The Hall–Kier alpha value is -2.66. The highest BCUT2D eigenvalue weighted by Crippen LogP contribution is 2.32. The highest BCUT2D eigenvalue weighted by molar-refractivity contribution is 6.59. The minimum atomic E-state index is 0.0999. The van der Waals surface area contributed by atoms with Gasteiger partial charge in [-0.3, -0.25) is 0 Å². The van der Waals surface area contributed by atoms with Crippen molar-refractivity contribution in [3.05, 3.63) is 64.1 Å². The fraction of sp³-hybridized carbons (Fsp3) is 0.